The number of anilines is 1. The minimum Gasteiger partial charge on any atom is -0.459 e. The number of nitrogens with one attached hydrogen (secondary N) is 1. The standard InChI is InChI=1S/C25H26Cl2N4O3S2/c1-4-10-31-22(14-35-13-17-8-9-20(26)21(27)11-17)29-30-25(31)36-15-23(32)28-19-7-5-6-18(12-19)24(33)34-16(2)3/h4-9,11-12,16H,1,10,13-15H2,2-3H3,(H,28,32). The topological polar surface area (TPSA) is 86.1 Å². The SMILES string of the molecule is C=CCn1c(CSCc2ccc(Cl)c(Cl)c2)nnc1SCC(=O)Nc1cccc(C(=O)OC(C)C)c1. The number of hydrogen-bond acceptors (Lipinski definition) is 7. The van der Waals surface area contributed by atoms with E-state index in [4.69, 9.17) is 27.9 Å². The molecule has 0 unspecified atom stereocenters. The summed E-state index contributed by atoms with van der Waals surface area (Å²) in [4.78, 5) is 24.7. The summed E-state index contributed by atoms with van der Waals surface area (Å²) in [5.41, 5.74) is 1.96. The summed E-state index contributed by atoms with van der Waals surface area (Å²) in [6.07, 6.45) is 1.54. The molecule has 0 bridgehead atoms. The van der Waals surface area contributed by atoms with Gasteiger partial charge in [-0.1, -0.05) is 53.2 Å². The minimum atomic E-state index is -0.433. The number of carbonyl (C=O) groups is 2. The van der Waals surface area contributed by atoms with E-state index < -0.39 is 5.97 Å². The smallest absolute Gasteiger partial charge is 0.338 e. The lowest BCUT2D eigenvalue weighted by atomic mass is 10.2. The number of allylic oxidation sites excluding steroid dienone is 1. The molecule has 3 aromatic rings. The van der Waals surface area contributed by atoms with E-state index >= 15 is 0 Å². The highest BCUT2D eigenvalue weighted by atomic mass is 35.5. The number of halogens is 2. The van der Waals surface area contributed by atoms with Crippen molar-refractivity contribution >= 4 is 64.3 Å². The molecule has 0 spiro atoms. The molecule has 0 aliphatic rings. The van der Waals surface area contributed by atoms with Gasteiger partial charge in [-0.05, 0) is 49.7 Å². The Balaban J connectivity index is 1.56. The average molecular weight is 566 g/mol. The molecule has 0 aliphatic heterocycles. The van der Waals surface area contributed by atoms with E-state index in [1.165, 1.54) is 11.8 Å². The molecule has 1 amide bonds. The third-order valence-corrected chi connectivity index (χ3v) is 7.35. The van der Waals surface area contributed by atoms with Crippen molar-refractivity contribution in [3.63, 3.8) is 0 Å². The molecule has 36 heavy (non-hydrogen) atoms. The van der Waals surface area contributed by atoms with Crippen LogP contribution in [0.5, 0.6) is 0 Å². The highest BCUT2D eigenvalue weighted by molar-refractivity contribution is 7.99. The number of nitrogens with zero attached hydrogens (tertiary/aromatic N) is 3. The van der Waals surface area contributed by atoms with E-state index in [9.17, 15) is 9.59 Å². The molecule has 0 saturated heterocycles. The van der Waals surface area contributed by atoms with E-state index in [1.54, 1.807) is 62.0 Å². The van der Waals surface area contributed by atoms with Crippen LogP contribution in [0.1, 0.15) is 35.6 Å². The van der Waals surface area contributed by atoms with E-state index in [0.29, 0.717) is 38.8 Å². The zero-order chi connectivity index (χ0) is 26.1. The Morgan fingerprint density at radius 1 is 1.14 bits per heavy atom. The first-order valence-corrected chi connectivity index (χ1v) is 13.9. The molecular formula is C25H26Cl2N4O3S2. The molecule has 190 valence electrons. The van der Waals surface area contributed by atoms with Gasteiger partial charge in [0, 0.05) is 18.0 Å². The van der Waals surface area contributed by atoms with Gasteiger partial charge in [0.15, 0.2) is 5.16 Å². The largest absolute Gasteiger partial charge is 0.459 e. The number of aromatic nitrogens is 3. The molecule has 1 aromatic heterocycles. The predicted molar refractivity (Wildman–Crippen MR) is 148 cm³/mol. The monoisotopic (exact) mass is 564 g/mol. The number of ether oxygens (including phenoxy) is 1. The molecule has 1 N–H and O–H groups in total. The van der Waals surface area contributed by atoms with Crippen LogP contribution in [0.3, 0.4) is 0 Å². The molecular weight excluding hydrogens is 539 g/mol. The van der Waals surface area contributed by atoms with Crippen molar-refractivity contribution in [3.8, 4) is 0 Å². The average Bonchev–Trinajstić information content (AvgIpc) is 3.21. The lowest BCUT2D eigenvalue weighted by Crippen LogP contribution is -2.16. The van der Waals surface area contributed by atoms with Gasteiger partial charge in [-0.15, -0.1) is 28.5 Å². The number of benzene rings is 2. The fraction of sp³-hybridized carbons (Fsp3) is 0.280. The second-order valence-electron chi connectivity index (χ2n) is 7.91. The van der Waals surface area contributed by atoms with Gasteiger partial charge in [0.1, 0.15) is 5.82 Å². The Hall–Kier alpha value is -2.46. The van der Waals surface area contributed by atoms with Gasteiger partial charge in [0.25, 0.3) is 0 Å². The maximum absolute atomic E-state index is 12.6. The highest BCUT2D eigenvalue weighted by Gasteiger charge is 2.15. The zero-order valence-corrected chi connectivity index (χ0v) is 23.0. The van der Waals surface area contributed by atoms with Crippen molar-refractivity contribution in [1.29, 1.82) is 0 Å². The first-order valence-electron chi connectivity index (χ1n) is 11.0. The van der Waals surface area contributed by atoms with Crippen LogP contribution in [0.15, 0.2) is 60.3 Å². The Morgan fingerprint density at radius 3 is 2.67 bits per heavy atom. The summed E-state index contributed by atoms with van der Waals surface area (Å²) >= 11 is 15.0. The maximum atomic E-state index is 12.6. The van der Waals surface area contributed by atoms with Crippen molar-refractivity contribution in [2.24, 2.45) is 0 Å². The third-order valence-electron chi connectivity index (χ3n) is 4.65. The van der Waals surface area contributed by atoms with Gasteiger partial charge in [0.2, 0.25) is 5.91 Å². The summed E-state index contributed by atoms with van der Waals surface area (Å²) in [6, 6.07) is 12.2. The fourth-order valence-corrected chi connectivity index (χ4v) is 5.07. The summed E-state index contributed by atoms with van der Waals surface area (Å²) in [5.74, 6) is 1.64. The number of carbonyl (C=O) groups excluding carboxylic acids is 2. The zero-order valence-electron chi connectivity index (χ0n) is 19.9. The second-order valence-corrected chi connectivity index (χ2v) is 10.7. The van der Waals surface area contributed by atoms with Crippen molar-refractivity contribution in [2.75, 3.05) is 11.1 Å². The number of rotatable bonds is 12. The van der Waals surface area contributed by atoms with E-state index in [1.807, 2.05) is 16.7 Å². The molecule has 7 nitrogen and oxygen atoms in total. The molecule has 0 radical (unpaired) electrons. The molecule has 0 aliphatic carbocycles. The summed E-state index contributed by atoms with van der Waals surface area (Å²) in [7, 11) is 0. The van der Waals surface area contributed by atoms with Crippen molar-refractivity contribution < 1.29 is 14.3 Å². The van der Waals surface area contributed by atoms with Gasteiger partial charge in [-0.2, -0.15) is 0 Å². The first-order chi connectivity index (χ1) is 17.3. The van der Waals surface area contributed by atoms with E-state index in [-0.39, 0.29) is 17.8 Å². The Labute approximate surface area is 229 Å². The quantitative estimate of drug-likeness (QED) is 0.152. The van der Waals surface area contributed by atoms with Crippen LogP contribution < -0.4 is 5.32 Å². The second kappa shape index (κ2) is 13.7. The van der Waals surface area contributed by atoms with Gasteiger partial charge in [-0.3, -0.25) is 4.79 Å². The van der Waals surface area contributed by atoms with Crippen LogP contribution in [-0.4, -0.2) is 38.5 Å². The minimum absolute atomic E-state index is 0.131. The molecule has 11 heteroatoms. The van der Waals surface area contributed by atoms with Crippen LogP contribution in [0.2, 0.25) is 10.0 Å². The maximum Gasteiger partial charge on any atom is 0.338 e. The molecule has 0 fully saturated rings. The first kappa shape index (κ1) is 28.1. The van der Waals surface area contributed by atoms with E-state index in [0.717, 1.165) is 17.1 Å². The number of thioether (sulfide) groups is 2. The van der Waals surface area contributed by atoms with Crippen molar-refractivity contribution in [3.05, 3.63) is 82.1 Å². The van der Waals surface area contributed by atoms with Crippen LogP contribution in [0.4, 0.5) is 5.69 Å². The van der Waals surface area contributed by atoms with Crippen molar-refractivity contribution in [1.82, 2.24) is 14.8 Å². The van der Waals surface area contributed by atoms with E-state index in [2.05, 4.69) is 22.1 Å². The Morgan fingerprint density at radius 2 is 1.94 bits per heavy atom. The summed E-state index contributed by atoms with van der Waals surface area (Å²) in [5, 5.41) is 13.1. The van der Waals surface area contributed by atoms with Crippen LogP contribution >= 0.6 is 46.7 Å². The van der Waals surface area contributed by atoms with Crippen LogP contribution in [0, 0.1) is 0 Å². The molecule has 3 rings (SSSR count). The number of hydrogen-bond donors (Lipinski definition) is 1. The number of amides is 1. The molecule has 2 aromatic carbocycles. The van der Waals surface area contributed by atoms with Crippen molar-refractivity contribution in [2.45, 2.75) is 43.2 Å². The Bertz CT molecular complexity index is 1230. The summed E-state index contributed by atoms with van der Waals surface area (Å²) in [6.45, 7) is 7.91. The van der Waals surface area contributed by atoms with Crippen LogP contribution in [-0.2, 0) is 27.6 Å². The molecule has 1 heterocycles. The summed E-state index contributed by atoms with van der Waals surface area (Å²) < 4.78 is 7.15. The molecule has 0 atom stereocenters. The lowest BCUT2D eigenvalue weighted by molar-refractivity contribution is -0.113. The Kier molecular flexibility index (Phi) is 10.7. The van der Waals surface area contributed by atoms with Gasteiger partial charge < -0.3 is 14.6 Å². The normalized spacial score (nSPS) is 10.9. The van der Waals surface area contributed by atoms with Gasteiger partial charge in [-0.25, -0.2) is 4.79 Å². The fourth-order valence-electron chi connectivity index (χ4n) is 3.07. The number of esters is 1. The van der Waals surface area contributed by atoms with Crippen LogP contribution in [0.25, 0.3) is 0 Å². The van der Waals surface area contributed by atoms with Gasteiger partial charge in [0.05, 0.1) is 33.2 Å². The molecule has 0 saturated carbocycles. The third kappa shape index (κ3) is 8.30. The lowest BCUT2D eigenvalue weighted by Gasteiger charge is -2.10. The predicted octanol–water partition coefficient (Wildman–Crippen LogP) is 6.50. The highest BCUT2D eigenvalue weighted by Crippen LogP contribution is 2.26. The van der Waals surface area contributed by atoms with Gasteiger partial charge >= 0.3 is 5.97 Å².